The predicted octanol–water partition coefficient (Wildman–Crippen LogP) is 2.02. The van der Waals surface area contributed by atoms with Crippen LogP contribution in [0.4, 0.5) is 0 Å². The topological polar surface area (TPSA) is 30.8 Å². The van der Waals surface area contributed by atoms with Crippen LogP contribution in [-0.2, 0) is 4.74 Å². The van der Waals surface area contributed by atoms with Gasteiger partial charge >= 0.3 is 0 Å². The number of ether oxygens (including phenoxy) is 2. The van der Waals surface area contributed by atoms with Crippen LogP contribution in [0.3, 0.4) is 0 Å². The van der Waals surface area contributed by atoms with Gasteiger partial charge in [-0.3, -0.25) is 0 Å². The lowest BCUT2D eigenvalue weighted by Gasteiger charge is -2.08. The van der Waals surface area contributed by atoms with Gasteiger partial charge in [-0.05, 0) is 24.3 Å². The zero-order chi connectivity index (χ0) is 9.80. The summed E-state index contributed by atoms with van der Waals surface area (Å²) in [6.45, 7) is 1.06. The van der Waals surface area contributed by atoms with Crippen LogP contribution >= 0.6 is 11.6 Å². The number of rotatable bonds is 3. The molecule has 0 saturated heterocycles. The van der Waals surface area contributed by atoms with Gasteiger partial charge in [-0.1, -0.05) is 11.6 Å². The van der Waals surface area contributed by atoms with Crippen molar-refractivity contribution in [1.29, 1.82) is 0 Å². The van der Waals surface area contributed by atoms with Crippen molar-refractivity contribution in [3.63, 3.8) is 0 Å². The summed E-state index contributed by atoms with van der Waals surface area (Å²) in [5, 5.41) is 0.702. The van der Waals surface area contributed by atoms with Gasteiger partial charge in [0.05, 0.1) is 0 Å². The first-order valence-corrected chi connectivity index (χ1v) is 4.67. The van der Waals surface area contributed by atoms with Crippen LogP contribution in [-0.4, -0.2) is 25.7 Å². The SMILES string of the molecule is Clc1ccc(OCC2CO[C]=N2)cc1. The van der Waals surface area contributed by atoms with E-state index < -0.39 is 0 Å². The smallest absolute Gasteiger partial charge is 0.273 e. The van der Waals surface area contributed by atoms with Gasteiger partial charge in [0.15, 0.2) is 0 Å². The van der Waals surface area contributed by atoms with E-state index >= 15 is 0 Å². The Morgan fingerprint density at radius 2 is 2.29 bits per heavy atom. The lowest BCUT2D eigenvalue weighted by molar-refractivity contribution is 0.246. The summed E-state index contributed by atoms with van der Waals surface area (Å²) in [5.74, 6) is 0.788. The Bertz CT molecular complexity index is 323. The molecular formula is C10H9ClNO2. The zero-order valence-corrected chi connectivity index (χ0v) is 8.20. The molecule has 0 aromatic heterocycles. The van der Waals surface area contributed by atoms with Gasteiger partial charge in [0.1, 0.15) is 25.0 Å². The van der Waals surface area contributed by atoms with Gasteiger partial charge in [-0.2, -0.15) is 0 Å². The van der Waals surface area contributed by atoms with E-state index in [1.54, 1.807) is 12.1 Å². The molecule has 73 valence electrons. The number of nitrogens with zero attached hydrogens (tertiary/aromatic N) is 1. The normalized spacial score (nSPS) is 19.4. The molecule has 1 radical (unpaired) electrons. The molecule has 14 heavy (non-hydrogen) atoms. The molecule has 1 atom stereocenters. The van der Waals surface area contributed by atoms with Crippen LogP contribution in [0.15, 0.2) is 29.3 Å². The molecule has 1 aromatic carbocycles. The van der Waals surface area contributed by atoms with Crippen molar-refractivity contribution >= 4 is 18.0 Å². The summed E-state index contributed by atoms with van der Waals surface area (Å²) in [5.41, 5.74) is 0. The second-order valence-electron chi connectivity index (χ2n) is 2.95. The van der Waals surface area contributed by atoms with Gasteiger partial charge in [0.2, 0.25) is 0 Å². The summed E-state index contributed by atoms with van der Waals surface area (Å²) >= 11 is 5.73. The van der Waals surface area contributed by atoms with E-state index in [9.17, 15) is 0 Å². The second-order valence-corrected chi connectivity index (χ2v) is 3.39. The molecule has 0 fully saturated rings. The lowest BCUT2D eigenvalue weighted by Crippen LogP contribution is -2.16. The van der Waals surface area contributed by atoms with Crippen molar-refractivity contribution in [3.05, 3.63) is 29.3 Å². The van der Waals surface area contributed by atoms with E-state index in [0.717, 1.165) is 5.75 Å². The third-order valence-electron chi connectivity index (χ3n) is 1.83. The van der Waals surface area contributed by atoms with Crippen LogP contribution in [0.1, 0.15) is 0 Å². The molecule has 1 aliphatic heterocycles. The average Bonchev–Trinajstić information content (AvgIpc) is 2.70. The molecule has 0 spiro atoms. The number of benzene rings is 1. The molecule has 1 unspecified atom stereocenters. The third kappa shape index (κ3) is 2.39. The second kappa shape index (κ2) is 4.33. The Hall–Kier alpha value is -1.22. The highest BCUT2D eigenvalue weighted by Crippen LogP contribution is 2.16. The van der Waals surface area contributed by atoms with E-state index in [-0.39, 0.29) is 6.04 Å². The Balaban J connectivity index is 1.85. The standard InChI is InChI=1S/C10H9ClNO2/c11-8-1-3-10(4-2-8)14-6-9-5-13-7-12-9/h1-4,9H,5-6H2. The molecule has 1 aliphatic rings. The van der Waals surface area contributed by atoms with Gasteiger partial charge in [-0.15, -0.1) is 0 Å². The number of halogens is 1. The van der Waals surface area contributed by atoms with Crippen LogP contribution in [0.2, 0.25) is 5.02 Å². The summed E-state index contributed by atoms with van der Waals surface area (Å²) in [4.78, 5) is 3.95. The molecule has 0 aliphatic carbocycles. The first-order chi connectivity index (χ1) is 6.84. The maximum Gasteiger partial charge on any atom is 0.273 e. The van der Waals surface area contributed by atoms with Crippen LogP contribution < -0.4 is 4.74 Å². The van der Waals surface area contributed by atoms with Crippen molar-refractivity contribution in [2.24, 2.45) is 4.99 Å². The van der Waals surface area contributed by atoms with Gasteiger partial charge in [0.25, 0.3) is 6.40 Å². The minimum absolute atomic E-state index is 0.0608. The van der Waals surface area contributed by atoms with E-state index in [1.165, 1.54) is 0 Å². The first kappa shape index (κ1) is 9.34. The predicted molar refractivity (Wildman–Crippen MR) is 54.1 cm³/mol. The van der Waals surface area contributed by atoms with Gasteiger partial charge in [-0.25, -0.2) is 4.99 Å². The summed E-state index contributed by atoms with van der Waals surface area (Å²) < 4.78 is 10.3. The number of hydrogen-bond acceptors (Lipinski definition) is 3. The first-order valence-electron chi connectivity index (χ1n) is 4.29. The molecule has 0 N–H and O–H groups in total. The number of aliphatic imine (C=N–C) groups is 1. The van der Waals surface area contributed by atoms with Crippen molar-refractivity contribution in [2.75, 3.05) is 13.2 Å². The Morgan fingerprint density at radius 1 is 1.50 bits per heavy atom. The molecule has 1 heterocycles. The number of hydrogen-bond donors (Lipinski definition) is 0. The fraction of sp³-hybridized carbons (Fsp3) is 0.300. The Morgan fingerprint density at radius 3 is 2.93 bits per heavy atom. The van der Waals surface area contributed by atoms with E-state index in [4.69, 9.17) is 21.1 Å². The van der Waals surface area contributed by atoms with Crippen LogP contribution in [0, 0.1) is 0 Å². The van der Waals surface area contributed by atoms with E-state index in [2.05, 4.69) is 11.4 Å². The largest absolute Gasteiger partial charge is 0.491 e. The molecule has 3 nitrogen and oxygen atoms in total. The van der Waals surface area contributed by atoms with Gasteiger partial charge < -0.3 is 9.47 Å². The van der Waals surface area contributed by atoms with Crippen LogP contribution in [0.5, 0.6) is 5.75 Å². The Kier molecular flexibility index (Phi) is 2.89. The molecule has 0 bridgehead atoms. The van der Waals surface area contributed by atoms with Crippen LogP contribution in [0.25, 0.3) is 0 Å². The summed E-state index contributed by atoms with van der Waals surface area (Å²) in [6, 6.07) is 7.29. The van der Waals surface area contributed by atoms with Crippen molar-refractivity contribution in [3.8, 4) is 5.75 Å². The molecule has 0 saturated carbocycles. The highest BCUT2D eigenvalue weighted by atomic mass is 35.5. The molecular weight excluding hydrogens is 202 g/mol. The zero-order valence-electron chi connectivity index (χ0n) is 7.44. The molecule has 4 heteroatoms. The highest BCUT2D eigenvalue weighted by Gasteiger charge is 2.12. The monoisotopic (exact) mass is 210 g/mol. The fourth-order valence-corrected chi connectivity index (χ4v) is 1.22. The highest BCUT2D eigenvalue weighted by molar-refractivity contribution is 6.30. The third-order valence-corrected chi connectivity index (χ3v) is 2.08. The maximum atomic E-state index is 5.73. The van der Waals surface area contributed by atoms with Crippen molar-refractivity contribution in [2.45, 2.75) is 6.04 Å². The summed E-state index contributed by atoms with van der Waals surface area (Å²) in [6.07, 6.45) is 2.44. The molecule has 1 aromatic rings. The quantitative estimate of drug-likeness (QED) is 0.764. The molecule has 0 amide bonds. The minimum atomic E-state index is 0.0608. The lowest BCUT2D eigenvalue weighted by atomic mass is 10.3. The maximum absolute atomic E-state index is 5.73. The van der Waals surface area contributed by atoms with Crippen molar-refractivity contribution in [1.82, 2.24) is 0 Å². The van der Waals surface area contributed by atoms with Gasteiger partial charge in [0, 0.05) is 5.02 Å². The fourth-order valence-electron chi connectivity index (χ4n) is 1.09. The average molecular weight is 211 g/mol. The van der Waals surface area contributed by atoms with E-state index in [1.807, 2.05) is 12.1 Å². The van der Waals surface area contributed by atoms with Crippen molar-refractivity contribution < 1.29 is 9.47 Å². The minimum Gasteiger partial charge on any atom is -0.491 e. The van der Waals surface area contributed by atoms with E-state index in [0.29, 0.717) is 18.2 Å². The Labute approximate surface area is 87.3 Å². The summed E-state index contributed by atoms with van der Waals surface area (Å²) in [7, 11) is 0. The molecule has 2 rings (SSSR count).